The summed E-state index contributed by atoms with van der Waals surface area (Å²) >= 11 is 0. The van der Waals surface area contributed by atoms with E-state index in [0.29, 0.717) is 5.56 Å². The second-order valence-electron chi connectivity index (χ2n) is 1.77. The molecule has 0 aliphatic carbocycles. The number of nitrogens with zero attached hydrogens (tertiary/aromatic N) is 1. The van der Waals surface area contributed by atoms with E-state index in [4.69, 9.17) is 5.26 Å². The number of halogens is 1. The first-order valence-electron chi connectivity index (χ1n) is 2.65. The Kier molecular flexibility index (Phi) is 7.73. The van der Waals surface area contributed by atoms with Crippen molar-refractivity contribution in [3.05, 3.63) is 42.3 Å². The Morgan fingerprint density at radius 3 is 2.18 bits per heavy atom. The maximum absolute atomic E-state index is 8.43. The number of hydrogen-bond acceptors (Lipinski definition) is 1. The summed E-state index contributed by atoms with van der Waals surface area (Å²) in [4.78, 5) is 0. The summed E-state index contributed by atoms with van der Waals surface area (Å²) in [6.07, 6.45) is 0. The van der Waals surface area contributed by atoms with Gasteiger partial charge in [0.25, 0.3) is 0 Å². The van der Waals surface area contributed by atoms with E-state index in [1.165, 1.54) is 0 Å². The van der Waals surface area contributed by atoms with Gasteiger partial charge in [0.05, 0.1) is 0 Å². The fourth-order valence-electron chi connectivity index (χ4n) is 0.629. The van der Waals surface area contributed by atoms with E-state index in [9.17, 15) is 0 Å². The van der Waals surface area contributed by atoms with Crippen LogP contribution in [0, 0.1) is 18.3 Å². The van der Waals surface area contributed by atoms with E-state index in [1.807, 2.05) is 24.3 Å². The molecule has 1 aromatic carbocycles. The number of nitriles is 1. The smallest absolute Gasteiger partial charge is 1.00 e. The van der Waals surface area contributed by atoms with E-state index < -0.39 is 0 Å². The van der Waals surface area contributed by atoms with Crippen LogP contribution in [0.2, 0.25) is 0 Å². The molecule has 0 aliphatic rings. The summed E-state index contributed by atoms with van der Waals surface area (Å²) in [5.74, 6) is 0. The maximum atomic E-state index is 8.43. The Morgan fingerprint density at radius 1 is 1.27 bits per heavy atom. The van der Waals surface area contributed by atoms with Crippen molar-refractivity contribution in [1.29, 1.82) is 5.26 Å². The van der Waals surface area contributed by atoms with Crippen LogP contribution >= 0.6 is 0 Å². The molecule has 0 unspecified atom stereocenters. The van der Waals surface area contributed by atoms with Gasteiger partial charge in [-0.15, -0.1) is 12.1 Å². The van der Waals surface area contributed by atoms with Gasteiger partial charge in [0.15, 0.2) is 0 Å². The van der Waals surface area contributed by atoms with Gasteiger partial charge in [0.2, 0.25) is 0 Å². The molecule has 1 rings (SSSR count). The normalized spacial score (nSPS) is 6.82. The molecule has 0 aliphatic heterocycles. The van der Waals surface area contributed by atoms with Gasteiger partial charge in [-0.05, 0) is 0 Å². The van der Waals surface area contributed by atoms with Gasteiger partial charge >= 0.3 is 19.5 Å². The second kappa shape index (κ2) is 6.40. The molecular formula is C8H6BrNZn. The number of hydrogen-bond donors (Lipinski definition) is 0. The van der Waals surface area contributed by atoms with Crippen LogP contribution < -0.4 is 17.0 Å². The number of rotatable bonds is 0. The van der Waals surface area contributed by atoms with E-state index in [-0.39, 0.29) is 36.5 Å². The van der Waals surface area contributed by atoms with E-state index in [0.717, 1.165) is 5.56 Å². The van der Waals surface area contributed by atoms with Crippen LogP contribution in [0.25, 0.3) is 0 Å². The minimum atomic E-state index is 0. The molecule has 1 nitrogen and oxygen atoms in total. The molecule has 0 bridgehead atoms. The summed E-state index contributed by atoms with van der Waals surface area (Å²) in [5.41, 5.74) is 1.44. The molecule has 0 atom stereocenters. The zero-order chi connectivity index (χ0) is 6.69. The Labute approximate surface area is 89.9 Å². The summed E-state index contributed by atoms with van der Waals surface area (Å²) in [6.45, 7) is 3.67. The van der Waals surface area contributed by atoms with Crippen LogP contribution in [0.5, 0.6) is 0 Å². The standard InChI is InChI=1S/C8H6N.BrH.Zn/c1-7-4-2-3-5-8(7)6-9;;/h2-5H,1H2;1H;/q-1;;+2/p-1. The van der Waals surface area contributed by atoms with Gasteiger partial charge < -0.3 is 17.0 Å². The number of benzene rings is 1. The van der Waals surface area contributed by atoms with Gasteiger partial charge in [-0.2, -0.15) is 18.6 Å². The maximum Gasteiger partial charge on any atom is 2.00 e. The van der Waals surface area contributed by atoms with Crippen LogP contribution in [0.3, 0.4) is 0 Å². The Bertz CT molecular complexity index is 255. The average molecular weight is 261 g/mol. The third-order valence-corrected chi connectivity index (χ3v) is 1.14. The molecule has 0 radical (unpaired) electrons. The first-order chi connectivity index (χ1) is 4.34. The molecule has 1 aromatic rings. The van der Waals surface area contributed by atoms with Crippen LogP contribution in [-0.4, -0.2) is 0 Å². The van der Waals surface area contributed by atoms with Crippen molar-refractivity contribution in [1.82, 2.24) is 0 Å². The summed E-state index contributed by atoms with van der Waals surface area (Å²) in [7, 11) is 0. The predicted octanol–water partition coefficient (Wildman–Crippen LogP) is -1.26. The molecule has 0 saturated heterocycles. The molecule has 0 fully saturated rings. The topological polar surface area (TPSA) is 23.8 Å². The monoisotopic (exact) mass is 259 g/mol. The molecule has 0 saturated carbocycles. The molecule has 0 heterocycles. The molecule has 0 spiro atoms. The first kappa shape index (κ1) is 13.3. The van der Waals surface area contributed by atoms with Gasteiger partial charge in [-0.1, -0.05) is 11.6 Å². The summed E-state index contributed by atoms with van der Waals surface area (Å²) in [6, 6.07) is 9.29. The fourth-order valence-corrected chi connectivity index (χ4v) is 0.629. The van der Waals surface area contributed by atoms with Crippen molar-refractivity contribution in [3.8, 4) is 6.07 Å². The minimum absolute atomic E-state index is 0. The van der Waals surface area contributed by atoms with Gasteiger partial charge in [-0.3, -0.25) is 0 Å². The molecule has 0 amide bonds. The largest absolute Gasteiger partial charge is 2.00 e. The van der Waals surface area contributed by atoms with Gasteiger partial charge in [0, 0.05) is 6.07 Å². The third-order valence-electron chi connectivity index (χ3n) is 1.14. The predicted molar refractivity (Wildman–Crippen MR) is 35.6 cm³/mol. The van der Waals surface area contributed by atoms with Crippen LogP contribution in [-0.2, 0) is 19.5 Å². The van der Waals surface area contributed by atoms with Crippen LogP contribution in [0.1, 0.15) is 11.1 Å². The minimum Gasteiger partial charge on any atom is -1.00 e. The molecule has 3 heteroatoms. The second-order valence-corrected chi connectivity index (χ2v) is 1.77. The molecular weight excluding hydrogens is 255 g/mol. The van der Waals surface area contributed by atoms with E-state index >= 15 is 0 Å². The van der Waals surface area contributed by atoms with Crippen molar-refractivity contribution in [2.45, 2.75) is 0 Å². The third kappa shape index (κ3) is 3.55. The molecule has 0 aromatic heterocycles. The van der Waals surface area contributed by atoms with Crippen molar-refractivity contribution in [3.63, 3.8) is 0 Å². The summed E-state index contributed by atoms with van der Waals surface area (Å²) in [5, 5.41) is 8.43. The van der Waals surface area contributed by atoms with Crippen molar-refractivity contribution in [2.24, 2.45) is 0 Å². The molecule has 52 valence electrons. The quantitative estimate of drug-likeness (QED) is 0.423. The Hall–Kier alpha value is -0.317. The molecule has 0 N–H and O–H groups in total. The first-order valence-corrected chi connectivity index (χ1v) is 2.65. The van der Waals surface area contributed by atoms with Crippen LogP contribution in [0.15, 0.2) is 24.3 Å². The molecule has 11 heavy (non-hydrogen) atoms. The van der Waals surface area contributed by atoms with Crippen molar-refractivity contribution >= 4 is 0 Å². The Morgan fingerprint density at radius 2 is 1.82 bits per heavy atom. The van der Waals surface area contributed by atoms with E-state index in [2.05, 4.69) is 6.92 Å². The zero-order valence-electron chi connectivity index (χ0n) is 6.05. The summed E-state index contributed by atoms with van der Waals surface area (Å²) < 4.78 is 0. The Balaban J connectivity index is 0. The van der Waals surface area contributed by atoms with Crippen molar-refractivity contribution < 1.29 is 36.5 Å². The van der Waals surface area contributed by atoms with Gasteiger partial charge in [0.1, 0.15) is 0 Å². The van der Waals surface area contributed by atoms with E-state index in [1.54, 1.807) is 6.07 Å². The van der Waals surface area contributed by atoms with Gasteiger partial charge in [-0.25, -0.2) is 5.26 Å². The van der Waals surface area contributed by atoms with Crippen LogP contribution in [0.4, 0.5) is 0 Å². The fraction of sp³-hybridized carbons (Fsp3) is 0. The average Bonchev–Trinajstić information content (AvgIpc) is 1.89. The van der Waals surface area contributed by atoms with Crippen molar-refractivity contribution in [2.75, 3.05) is 0 Å². The zero-order valence-corrected chi connectivity index (χ0v) is 10.6. The SMILES string of the molecule is [Br-].[CH2-]c1ccccc1C#N.[Zn+2].